The zero-order valence-corrected chi connectivity index (χ0v) is 11.9. The molecule has 0 bridgehead atoms. The fourth-order valence-corrected chi connectivity index (χ4v) is 1.77. The third-order valence-corrected chi connectivity index (χ3v) is 2.87. The molecule has 2 rings (SSSR count). The first kappa shape index (κ1) is 14.1. The average Bonchev–Trinajstić information content (AvgIpc) is 2.30. The first-order chi connectivity index (χ1) is 7.27. The van der Waals surface area contributed by atoms with Gasteiger partial charge >= 0.3 is 29.6 Å². The van der Waals surface area contributed by atoms with Crippen molar-refractivity contribution in [2.45, 2.75) is 4.90 Å². The number of hydrogen-bond acceptors (Lipinski definition) is 5. The maximum absolute atomic E-state index is 10.6. The Morgan fingerprint density at radius 1 is 1.38 bits per heavy atom. The fraction of sp³-hybridized carbons (Fsp3) is 0.444. The van der Waals surface area contributed by atoms with Gasteiger partial charge in [0.05, 0.1) is 13.2 Å². The maximum Gasteiger partial charge on any atom is 1.00 e. The summed E-state index contributed by atoms with van der Waals surface area (Å²) in [7, 11) is 0. The number of nitrogens with zero attached hydrogens (tertiary/aromatic N) is 2. The minimum absolute atomic E-state index is 0. The van der Waals surface area contributed by atoms with Crippen LogP contribution in [0.25, 0.3) is 0 Å². The van der Waals surface area contributed by atoms with E-state index in [-0.39, 0.29) is 34.5 Å². The topological polar surface area (TPSA) is 65.5 Å². The molecule has 1 aliphatic heterocycles. The molecule has 1 aliphatic rings. The standard InChI is InChI=1S/C9H12N2O3S.Na/c12-15(13)8-1-2-9(10-7-8)11-3-5-14-6-4-11;/h1-2,7H,3-6H2,(H,12,13);/q;+1/p-1. The van der Waals surface area contributed by atoms with Crippen LogP contribution in [0.2, 0.25) is 0 Å². The Morgan fingerprint density at radius 3 is 2.56 bits per heavy atom. The van der Waals surface area contributed by atoms with Gasteiger partial charge in [0, 0.05) is 24.2 Å². The van der Waals surface area contributed by atoms with Crippen LogP contribution in [-0.4, -0.2) is 40.0 Å². The predicted molar refractivity (Wildman–Crippen MR) is 54.5 cm³/mol. The van der Waals surface area contributed by atoms with Crippen molar-refractivity contribution in [3.8, 4) is 0 Å². The van der Waals surface area contributed by atoms with E-state index < -0.39 is 11.1 Å². The zero-order valence-electron chi connectivity index (χ0n) is 9.09. The van der Waals surface area contributed by atoms with Gasteiger partial charge in [-0.2, -0.15) is 0 Å². The summed E-state index contributed by atoms with van der Waals surface area (Å²) in [6.45, 7) is 2.98. The molecule has 82 valence electrons. The Morgan fingerprint density at radius 2 is 2.06 bits per heavy atom. The first-order valence-electron chi connectivity index (χ1n) is 4.65. The van der Waals surface area contributed by atoms with Crippen LogP contribution in [-0.2, 0) is 15.8 Å². The Balaban J connectivity index is 0.00000128. The molecule has 0 radical (unpaired) electrons. The summed E-state index contributed by atoms with van der Waals surface area (Å²) < 4.78 is 26.4. The van der Waals surface area contributed by atoms with Crippen LogP contribution in [0.1, 0.15) is 0 Å². The zero-order chi connectivity index (χ0) is 10.7. The van der Waals surface area contributed by atoms with E-state index >= 15 is 0 Å². The molecule has 5 nitrogen and oxygen atoms in total. The number of ether oxygens (including phenoxy) is 1. The van der Waals surface area contributed by atoms with Gasteiger partial charge in [0.15, 0.2) is 0 Å². The third kappa shape index (κ3) is 3.51. The van der Waals surface area contributed by atoms with Crippen molar-refractivity contribution in [2.24, 2.45) is 0 Å². The Labute approximate surface area is 119 Å². The predicted octanol–water partition coefficient (Wildman–Crippen LogP) is -2.84. The first-order valence-corrected chi connectivity index (χ1v) is 5.73. The Bertz CT molecular complexity index is 354. The largest absolute Gasteiger partial charge is 1.00 e. The van der Waals surface area contributed by atoms with Gasteiger partial charge in [-0.05, 0) is 23.2 Å². The van der Waals surface area contributed by atoms with Crippen molar-refractivity contribution >= 4 is 16.9 Å². The molecule has 1 fully saturated rings. The molecule has 1 saturated heterocycles. The molecule has 1 unspecified atom stereocenters. The molecule has 16 heavy (non-hydrogen) atoms. The van der Waals surface area contributed by atoms with Crippen LogP contribution in [0.15, 0.2) is 23.2 Å². The quantitative estimate of drug-likeness (QED) is 0.418. The van der Waals surface area contributed by atoms with E-state index in [1.165, 1.54) is 6.20 Å². The molecule has 2 heterocycles. The Hall–Kier alpha value is 0.0200. The second-order valence-electron chi connectivity index (χ2n) is 3.19. The SMILES string of the molecule is O=S([O-])c1ccc(N2CCOCC2)nc1.[Na+]. The van der Waals surface area contributed by atoms with E-state index in [4.69, 9.17) is 4.74 Å². The molecular formula is C9H11N2NaO3S. The summed E-state index contributed by atoms with van der Waals surface area (Å²) in [5.74, 6) is 0.799. The number of morpholine rings is 1. The van der Waals surface area contributed by atoms with Crippen molar-refractivity contribution in [1.29, 1.82) is 0 Å². The van der Waals surface area contributed by atoms with Crippen LogP contribution < -0.4 is 34.5 Å². The summed E-state index contributed by atoms with van der Waals surface area (Å²) in [5, 5.41) is 0. The molecule has 0 aliphatic carbocycles. The van der Waals surface area contributed by atoms with E-state index in [0.717, 1.165) is 18.9 Å². The van der Waals surface area contributed by atoms with Crippen molar-refractivity contribution in [3.63, 3.8) is 0 Å². The van der Waals surface area contributed by atoms with Gasteiger partial charge in [0.1, 0.15) is 5.82 Å². The molecule has 0 spiro atoms. The number of aromatic nitrogens is 1. The second-order valence-corrected chi connectivity index (χ2v) is 4.13. The van der Waals surface area contributed by atoms with Gasteiger partial charge in [-0.25, -0.2) is 4.98 Å². The number of hydrogen-bond donors (Lipinski definition) is 0. The van der Waals surface area contributed by atoms with Crippen molar-refractivity contribution < 1.29 is 43.1 Å². The summed E-state index contributed by atoms with van der Waals surface area (Å²) >= 11 is -2.20. The van der Waals surface area contributed by atoms with Gasteiger partial charge in [0.2, 0.25) is 0 Å². The van der Waals surface area contributed by atoms with Crippen LogP contribution in [0.4, 0.5) is 5.82 Å². The van der Waals surface area contributed by atoms with Crippen LogP contribution in [0.5, 0.6) is 0 Å². The summed E-state index contributed by atoms with van der Waals surface area (Å²) in [6, 6.07) is 3.28. The number of pyridine rings is 1. The van der Waals surface area contributed by atoms with Crippen LogP contribution in [0, 0.1) is 0 Å². The van der Waals surface area contributed by atoms with E-state index in [1.807, 2.05) is 0 Å². The molecular weight excluding hydrogens is 239 g/mol. The fourth-order valence-electron chi connectivity index (χ4n) is 1.45. The van der Waals surface area contributed by atoms with Crippen LogP contribution in [0.3, 0.4) is 0 Å². The maximum atomic E-state index is 10.6. The van der Waals surface area contributed by atoms with E-state index in [0.29, 0.717) is 13.2 Å². The average molecular weight is 250 g/mol. The molecule has 0 N–H and O–H groups in total. The van der Waals surface area contributed by atoms with Gasteiger partial charge in [0.25, 0.3) is 0 Å². The van der Waals surface area contributed by atoms with E-state index in [9.17, 15) is 8.76 Å². The molecule has 7 heteroatoms. The summed E-state index contributed by atoms with van der Waals surface area (Å²) in [6.07, 6.45) is 1.37. The van der Waals surface area contributed by atoms with Crippen molar-refractivity contribution in [1.82, 2.24) is 4.98 Å². The van der Waals surface area contributed by atoms with Gasteiger partial charge in [-0.3, -0.25) is 4.21 Å². The minimum Gasteiger partial charge on any atom is -0.768 e. The third-order valence-electron chi connectivity index (χ3n) is 2.25. The minimum atomic E-state index is -2.20. The molecule has 1 atom stereocenters. The monoisotopic (exact) mass is 250 g/mol. The van der Waals surface area contributed by atoms with Gasteiger partial charge in [-0.15, -0.1) is 0 Å². The molecule has 0 aromatic carbocycles. The smallest absolute Gasteiger partial charge is 0.768 e. The van der Waals surface area contributed by atoms with Crippen molar-refractivity contribution in [2.75, 3.05) is 31.2 Å². The van der Waals surface area contributed by atoms with Crippen molar-refractivity contribution in [3.05, 3.63) is 18.3 Å². The number of anilines is 1. The molecule has 1 aromatic heterocycles. The molecule has 0 saturated carbocycles. The normalized spacial score (nSPS) is 17.7. The number of rotatable bonds is 2. The molecule has 1 aromatic rings. The van der Waals surface area contributed by atoms with Crippen LogP contribution >= 0.6 is 0 Å². The van der Waals surface area contributed by atoms with Gasteiger partial charge in [-0.1, -0.05) is 0 Å². The summed E-state index contributed by atoms with van der Waals surface area (Å²) in [4.78, 5) is 6.39. The van der Waals surface area contributed by atoms with Gasteiger partial charge < -0.3 is 14.2 Å². The second kappa shape index (κ2) is 6.68. The molecule has 0 amide bonds. The Kier molecular flexibility index (Phi) is 5.88. The summed E-state index contributed by atoms with van der Waals surface area (Å²) in [5.41, 5.74) is 0. The van der Waals surface area contributed by atoms with E-state index in [2.05, 4.69) is 9.88 Å². The van der Waals surface area contributed by atoms with E-state index in [1.54, 1.807) is 12.1 Å².